The van der Waals surface area contributed by atoms with Crippen molar-refractivity contribution in [3.63, 3.8) is 0 Å². The number of nitriles is 1. The Morgan fingerprint density at radius 3 is 2.74 bits per heavy atom. The van der Waals surface area contributed by atoms with E-state index in [1.165, 1.54) is 4.58 Å². The van der Waals surface area contributed by atoms with E-state index in [0.29, 0.717) is 28.6 Å². The zero-order chi connectivity index (χ0) is 25.3. The number of nitrogens with zero attached hydrogens (tertiary/aromatic N) is 4. The summed E-state index contributed by atoms with van der Waals surface area (Å²) in [6.45, 7) is 13.3. The zero-order valence-electron chi connectivity index (χ0n) is 20.7. The van der Waals surface area contributed by atoms with Gasteiger partial charge in [-0.05, 0) is 64.8 Å². The number of benzene rings is 2. The largest absolute Gasteiger partial charge is 0.596 e. The minimum atomic E-state index is -0.595. The van der Waals surface area contributed by atoms with E-state index in [2.05, 4.69) is 22.9 Å². The first-order valence-corrected chi connectivity index (χ1v) is 11.6. The molecule has 35 heavy (non-hydrogen) atoms. The van der Waals surface area contributed by atoms with E-state index in [-0.39, 0.29) is 12.1 Å². The Morgan fingerprint density at radius 2 is 2.06 bits per heavy atom. The van der Waals surface area contributed by atoms with Gasteiger partial charge in [0.1, 0.15) is 24.1 Å². The fourth-order valence-electron chi connectivity index (χ4n) is 4.17. The molecule has 0 radical (unpaired) electrons. The standard InChI is InChI=1S/C27H29N4O4/c1-16(2)33-23-13-10-17(14-18(23)15-28)25-29-24(30-35-25)21-9-7-8-20-19(21)11-12-22(20)31(6)26(32)34-27(3,4)5/h7-10,13-14,16,22H,6,11-12H2,1-5H3/q+1. The highest BCUT2D eigenvalue weighted by Crippen LogP contribution is 2.39. The number of carbonyl (C=O) groups is 1. The summed E-state index contributed by atoms with van der Waals surface area (Å²) in [5.41, 5.74) is 3.34. The number of ether oxygens (including phenoxy) is 2. The summed E-state index contributed by atoms with van der Waals surface area (Å²) in [6.07, 6.45) is 0.967. The summed E-state index contributed by atoms with van der Waals surface area (Å²) < 4.78 is 18.1. The number of amides is 1. The molecule has 0 aliphatic heterocycles. The molecule has 8 heteroatoms. The van der Waals surface area contributed by atoms with Crippen LogP contribution in [0, 0.1) is 11.3 Å². The molecule has 1 aromatic heterocycles. The fraction of sp³-hybridized carbons (Fsp3) is 0.370. The molecule has 1 aliphatic rings. The number of aromatic nitrogens is 2. The molecule has 1 heterocycles. The molecule has 180 valence electrons. The highest BCUT2D eigenvalue weighted by atomic mass is 16.6. The van der Waals surface area contributed by atoms with Gasteiger partial charge in [0, 0.05) is 23.1 Å². The molecular formula is C27H29N4O4+. The smallest absolute Gasteiger partial charge is 0.490 e. The Kier molecular flexibility index (Phi) is 6.44. The predicted molar refractivity (Wildman–Crippen MR) is 130 cm³/mol. The van der Waals surface area contributed by atoms with Crippen LogP contribution in [-0.2, 0) is 11.2 Å². The monoisotopic (exact) mass is 473 g/mol. The molecule has 0 saturated heterocycles. The maximum atomic E-state index is 12.6. The molecule has 1 aliphatic carbocycles. The normalized spacial score (nSPS) is 14.9. The molecule has 8 nitrogen and oxygen atoms in total. The van der Waals surface area contributed by atoms with E-state index >= 15 is 0 Å². The lowest BCUT2D eigenvalue weighted by Gasteiger charge is -2.18. The predicted octanol–water partition coefficient (Wildman–Crippen LogP) is 5.70. The van der Waals surface area contributed by atoms with Crippen LogP contribution in [-0.4, -0.2) is 39.2 Å². The quantitative estimate of drug-likeness (QED) is 0.346. The van der Waals surface area contributed by atoms with E-state index in [9.17, 15) is 10.1 Å². The number of carbonyl (C=O) groups excluding carboxylic acids is 1. The molecule has 0 spiro atoms. The Morgan fingerprint density at radius 1 is 1.29 bits per heavy atom. The van der Waals surface area contributed by atoms with Gasteiger partial charge >= 0.3 is 6.09 Å². The third kappa shape index (κ3) is 5.09. The second-order valence-corrected chi connectivity index (χ2v) is 9.79. The maximum Gasteiger partial charge on any atom is 0.596 e. The van der Waals surface area contributed by atoms with Gasteiger partial charge in [0.05, 0.1) is 11.7 Å². The van der Waals surface area contributed by atoms with Gasteiger partial charge in [-0.25, -0.2) is 0 Å². The Hall–Kier alpha value is -3.99. The van der Waals surface area contributed by atoms with Gasteiger partial charge in [0.15, 0.2) is 6.04 Å². The third-order valence-electron chi connectivity index (χ3n) is 5.62. The van der Waals surface area contributed by atoms with Crippen molar-refractivity contribution in [1.82, 2.24) is 10.1 Å². The number of hydrogen-bond donors (Lipinski definition) is 0. The minimum Gasteiger partial charge on any atom is -0.490 e. The van der Waals surface area contributed by atoms with Crippen LogP contribution in [0.15, 0.2) is 40.9 Å². The summed E-state index contributed by atoms with van der Waals surface area (Å²) >= 11 is 0. The first-order chi connectivity index (χ1) is 16.6. The Labute approximate surface area is 204 Å². The number of hydrogen-bond acceptors (Lipinski definition) is 7. The van der Waals surface area contributed by atoms with Gasteiger partial charge in [-0.15, -0.1) is 4.58 Å². The number of fused-ring (bicyclic) bond motifs is 1. The lowest BCUT2D eigenvalue weighted by molar-refractivity contribution is -0.489. The highest BCUT2D eigenvalue weighted by Gasteiger charge is 2.38. The van der Waals surface area contributed by atoms with Crippen molar-refractivity contribution >= 4 is 12.8 Å². The maximum absolute atomic E-state index is 12.6. The average Bonchev–Trinajstić information content (AvgIpc) is 3.45. The molecule has 2 aromatic carbocycles. The van der Waals surface area contributed by atoms with Crippen LogP contribution in [0.25, 0.3) is 22.8 Å². The van der Waals surface area contributed by atoms with E-state index in [1.54, 1.807) is 18.2 Å². The van der Waals surface area contributed by atoms with Gasteiger partial charge in [0.25, 0.3) is 5.89 Å². The fourth-order valence-corrected chi connectivity index (χ4v) is 4.17. The summed E-state index contributed by atoms with van der Waals surface area (Å²) in [4.78, 5) is 17.2. The molecular weight excluding hydrogens is 444 g/mol. The van der Waals surface area contributed by atoms with Crippen LogP contribution in [0.2, 0.25) is 0 Å². The second kappa shape index (κ2) is 9.34. The van der Waals surface area contributed by atoms with Crippen LogP contribution in [0.5, 0.6) is 5.75 Å². The van der Waals surface area contributed by atoms with Crippen LogP contribution >= 0.6 is 0 Å². The van der Waals surface area contributed by atoms with E-state index in [1.807, 2.05) is 52.8 Å². The molecule has 0 N–H and O–H groups in total. The van der Waals surface area contributed by atoms with Crippen molar-refractivity contribution in [2.75, 3.05) is 0 Å². The van der Waals surface area contributed by atoms with Crippen molar-refractivity contribution in [3.05, 3.63) is 53.1 Å². The SMILES string of the molecule is C=[N+](C(=O)OC(C)(C)C)C1CCc2c(-c3noc(-c4ccc(OC(C)C)c(C#N)c4)n3)cccc21. The topological polar surface area (TPSA) is 101 Å². The lowest BCUT2D eigenvalue weighted by Crippen LogP contribution is -2.31. The molecule has 4 rings (SSSR count). The highest BCUT2D eigenvalue weighted by molar-refractivity contribution is 5.68. The van der Waals surface area contributed by atoms with Crippen molar-refractivity contribution < 1.29 is 23.4 Å². The van der Waals surface area contributed by atoms with Crippen LogP contribution < -0.4 is 4.74 Å². The molecule has 1 atom stereocenters. The molecule has 3 aromatic rings. The summed E-state index contributed by atoms with van der Waals surface area (Å²) in [7, 11) is 0. The van der Waals surface area contributed by atoms with E-state index < -0.39 is 11.7 Å². The summed E-state index contributed by atoms with van der Waals surface area (Å²) in [5, 5.41) is 13.7. The molecule has 0 saturated carbocycles. The van der Waals surface area contributed by atoms with Crippen molar-refractivity contribution in [3.8, 4) is 34.7 Å². The zero-order valence-corrected chi connectivity index (χ0v) is 20.7. The lowest BCUT2D eigenvalue weighted by atomic mass is 10.0. The van der Waals surface area contributed by atoms with E-state index in [0.717, 1.165) is 29.5 Å². The molecule has 0 bridgehead atoms. The summed E-state index contributed by atoms with van der Waals surface area (Å²) in [5.74, 6) is 1.28. The van der Waals surface area contributed by atoms with Crippen molar-refractivity contribution in [2.45, 2.75) is 65.2 Å². The first-order valence-electron chi connectivity index (χ1n) is 11.6. The van der Waals surface area contributed by atoms with Crippen molar-refractivity contribution in [1.29, 1.82) is 5.26 Å². The van der Waals surface area contributed by atoms with E-state index in [4.69, 9.17) is 14.0 Å². The Balaban J connectivity index is 1.62. The van der Waals surface area contributed by atoms with Crippen LogP contribution in [0.3, 0.4) is 0 Å². The van der Waals surface area contributed by atoms with Gasteiger partial charge in [-0.3, -0.25) is 0 Å². The van der Waals surface area contributed by atoms with Crippen LogP contribution in [0.1, 0.15) is 63.8 Å². The van der Waals surface area contributed by atoms with Gasteiger partial charge in [-0.2, -0.15) is 15.0 Å². The van der Waals surface area contributed by atoms with Crippen LogP contribution in [0.4, 0.5) is 4.79 Å². The molecule has 0 fully saturated rings. The van der Waals surface area contributed by atoms with Gasteiger partial charge < -0.3 is 14.0 Å². The summed E-state index contributed by atoms with van der Waals surface area (Å²) in [6, 6.07) is 13.0. The number of rotatable bonds is 5. The minimum absolute atomic E-state index is 0.0449. The molecule has 1 unspecified atom stereocenters. The Bertz CT molecular complexity index is 1330. The molecule has 1 amide bonds. The second-order valence-electron chi connectivity index (χ2n) is 9.79. The first kappa shape index (κ1) is 24.1. The van der Waals surface area contributed by atoms with Gasteiger partial charge in [0.2, 0.25) is 5.82 Å². The van der Waals surface area contributed by atoms with Crippen molar-refractivity contribution in [2.24, 2.45) is 0 Å². The third-order valence-corrected chi connectivity index (χ3v) is 5.62. The van der Waals surface area contributed by atoms with Gasteiger partial charge in [-0.1, -0.05) is 23.4 Å². The average molecular weight is 474 g/mol.